The van der Waals surface area contributed by atoms with Gasteiger partial charge in [0.25, 0.3) is 0 Å². The van der Waals surface area contributed by atoms with Crippen molar-refractivity contribution in [1.29, 1.82) is 0 Å². The predicted octanol–water partition coefficient (Wildman–Crippen LogP) is 1.94. The van der Waals surface area contributed by atoms with Crippen molar-refractivity contribution in [2.24, 2.45) is 0 Å². The summed E-state index contributed by atoms with van der Waals surface area (Å²) < 4.78 is 7.07. The molecule has 1 heterocycles. The molecule has 0 saturated heterocycles. The molecule has 8 nitrogen and oxygen atoms in total. The number of hydrogen-bond acceptors (Lipinski definition) is 6. The number of carbonyl (C=O) groups excluding carboxylic acids is 1. The van der Waals surface area contributed by atoms with Gasteiger partial charge in [0.1, 0.15) is 5.75 Å². The average molecular weight is 346 g/mol. The van der Waals surface area contributed by atoms with Gasteiger partial charge < -0.3 is 10.1 Å². The lowest BCUT2D eigenvalue weighted by molar-refractivity contribution is -0.117. The van der Waals surface area contributed by atoms with Crippen LogP contribution in [0.15, 0.2) is 24.3 Å². The molecule has 1 amide bonds. The van der Waals surface area contributed by atoms with Crippen LogP contribution in [0.4, 0.5) is 5.69 Å². The average Bonchev–Trinajstić information content (AvgIpc) is 3.06. The van der Waals surface area contributed by atoms with E-state index in [0.717, 1.165) is 31.8 Å². The molecule has 1 aromatic heterocycles. The number of nitrogens with one attached hydrogen (secondary N) is 1. The van der Waals surface area contributed by atoms with Crippen LogP contribution in [0.3, 0.4) is 0 Å². The van der Waals surface area contributed by atoms with Crippen LogP contribution < -0.4 is 10.1 Å². The van der Waals surface area contributed by atoms with Gasteiger partial charge in [-0.25, -0.2) is 4.68 Å². The van der Waals surface area contributed by atoms with E-state index in [4.69, 9.17) is 4.74 Å². The molecule has 136 valence electrons. The zero-order chi connectivity index (χ0) is 18.1. The Morgan fingerprint density at radius 3 is 2.84 bits per heavy atom. The van der Waals surface area contributed by atoms with E-state index in [9.17, 15) is 4.79 Å². The lowest BCUT2D eigenvalue weighted by Crippen LogP contribution is -2.33. The Morgan fingerprint density at radius 2 is 2.12 bits per heavy atom. The number of para-hydroxylation sites is 2. The van der Waals surface area contributed by atoms with Crippen LogP contribution in [-0.2, 0) is 17.9 Å². The van der Waals surface area contributed by atoms with Crippen molar-refractivity contribution < 1.29 is 9.53 Å². The molecule has 0 bridgehead atoms. The first kappa shape index (κ1) is 18.9. The highest BCUT2D eigenvalue weighted by Crippen LogP contribution is 2.22. The molecule has 0 fully saturated rings. The summed E-state index contributed by atoms with van der Waals surface area (Å²) in [4.78, 5) is 14.4. The maximum Gasteiger partial charge on any atom is 0.238 e. The Bertz CT molecular complexity index is 673. The van der Waals surface area contributed by atoms with Crippen molar-refractivity contribution >= 4 is 11.6 Å². The molecule has 2 rings (SSSR count). The number of aryl methyl sites for hydroxylation is 1. The molecule has 2 aromatic rings. The molecule has 1 N–H and O–H groups in total. The van der Waals surface area contributed by atoms with Crippen LogP contribution in [0.25, 0.3) is 0 Å². The van der Waals surface area contributed by atoms with E-state index in [1.165, 1.54) is 0 Å². The number of benzene rings is 1. The zero-order valence-corrected chi connectivity index (χ0v) is 15.1. The fourth-order valence-electron chi connectivity index (χ4n) is 2.44. The van der Waals surface area contributed by atoms with Gasteiger partial charge in [0, 0.05) is 6.54 Å². The largest absolute Gasteiger partial charge is 0.495 e. The predicted molar refractivity (Wildman–Crippen MR) is 95.3 cm³/mol. The number of unbranched alkanes of at least 4 members (excludes halogenated alkanes) is 1. The zero-order valence-electron chi connectivity index (χ0n) is 15.1. The van der Waals surface area contributed by atoms with Gasteiger partial charge in [-0.2, -0.15) is 0 Å². The van der Waals surface area contributed by atoms with Gasteiger partial charge in [-0.15, -0.1) is 5.10 Å². The maximum atomic E-state index is 12.4. The van der Waals surface area contributed by atoms with Gasteiger partial charge in [-0.05, 0) is 35.5 Å². The van der Waals surface area contributed by atoms with Crippen molar-refractivity contribution in [1.82, 2.24) is 25.1 Å². The third-order valence-corrected chi connectivity index (χ3v) is 3.89. The van der Waals surface area contributed by atoms with Gasteiger partial charge >= 0.3 is 0 Å². The molecule has 25 heavy (non-hydrogen) atoms. The number of tetrazole rings is 1. The molecule has 0 aliphatic heterocycles. The summed E-state index contributed by atoms with van der Waals surface area (Å²) in [5, 5.41) is 14.7. The number of amides is 1. The first-order chi connectivity index (χ1) is 12.2. The Labute approximate surface area is 148 Å². The van der Waals surface area contributed by atoms with Gasteiger partial charge in [0.2, 0.25) is 5.91 Å². The maximum absolute atomic E-state index is 12.4. The van der Waals surface area contributed by atoms with Gasteiger partial charge in [-0.1, -0.05) is 32.4 Å². The van der Waals surface area contributed by atoms with Gasteiger partial charge in [-0.3, -0.25) is 9.69 Å². The summed E-state index contributed by atoms with van der Waals surface area (Å²) in [6.45, 7) is 6.45. The summed E-state index contributed by atoms with van der Waals surface area (Å²) >= 11 is 0. The monoisotopic (exact) mass is 346 g/mol. The third kappa shape index (κ3) is 5.53. The smallest absolute Gasteiger partial charge is 0.238 e. The number of ether oxygens (including phenoxy) is 1. The molecule has 1 aromatic carbocycles. The minimum absolute atomic E-state index is 0.0982. The van der Waals surface area contributed by atoms with Gasteiger partial charge in [0.15, 0.2) is 5.82 Å². The second-order valence-corrected chi connectivity index (χ2v) is 5.72. The summed E-state index contributed by atoms with van der Waals surface area (Å²) in [6.07, 6.45) is 2.11. The van der Waals surface area contributed by atoms with Crippen LogP contribution in [0, 0.1) is 0 Å². The molecule has 0 aliphatic rings. The number of hydrogen-bond donors (Lipinski definition) is 1. The standard InChI is InChI=1S/C17H26N6O2/c1-4-6-11-23-16(19-20-21-23)12-22(5-2)13-17(24)18-14-9-7-8-10-15(14)25-3/h7-10H,4-6,11-13H2,1-3H3,(H,18,24). The number of likely N-dealkylation sites (N-methyl/N-ethyl adjacent to an activating group) is 1. The van der Waals surface area contributed by atoms with Crippen LogP contribution in [0.5, 0.6) is 5.75 Å². The Hall–Kier alpha value is -2.48. The lowest BCUT2D eigenvalue weighted by atomic mass is 10.3. The van der Waals surface area contributed by atoms with E-state index in [0.29, 0.717) is 18.0 Å². The minimum Gasteiger partial charge on any atom is -0.495 e. The van der Waals surface area contributed by atoms with Crippen LogP contribution in [0.2, 0.25) is 0 Å². The number of aromatic nitrogens is 4. The lowest BCUT2D eigenvalue weighted by Gasteiger charge is -2.19. The Morgan fingerprint density at radius 1 is 1.32 bits per heavy atom. The van der Waals surface area contributed by atoms with Crippen molar-refractivity contribution in [2.75, 3.05) is 25.5 Å². The number of anilines is 1. The van der Waals surface area contributed by atoms with E-state index in [1.54, 1.807) is 7.11 Å². The molecule has 0 spiro atoms. The Kier molecular flexibility index (Phi) is 7.34. The second-order valence-electron chi connectivity index (χ2n) is 5.72. The van der Waals surface area contributed by atoms with Crippen LogP contribution in [-0.4, -0.2) is 51.2 Å². The molecule has 8 heteroatoms. The normalized spacial score (nSPS) is 10.9. The number of nitrogens with zero attached hydrogens (tertiary/aromatic N) is 5. The summed E-state index contributed by atoms with van der Waals surface area (Å²) in [5.41, 5.74) is 0.666. The first-order valence-corrected chi connectivity index (χ1v) is 8.58. The molecule has 0 aliphatic carbocycles. The molecule has 0 saturated carbocycles. The highest BCUT2D eigenvalue weighted by molar-refractivity contribution is 5.93. The molecular formula is C17H26N6O2. The fraction of sp³-hybridized carbons (Fsp3) is 0.529. The first-order valence-electron chi connectivity index (χ1n) is 8.58. The molecule has 0 radical (unpaired) electrons. The van der Waals surface area contributed by atoms with Crippen LogP contribution in [0.1, 0.15) is 32.5 Å². The molecule has 0 unspecified atom stereocenters. The van der Waals surface area contributed by atoms with E-state index in [2.05, 4.69) is 27.8 Å². The fourth-order valence-corrected chi connectivity index (χ4v) is 2.44. The summed E-state index contributed by atoms with van der Waals surface area (Å²) in [6, 6.07) is 7.36. The van der Waals surface area contributed by atoms with E-state index < -0.39 is 0 Å². The third-order valence-electron chi connectivity index (χ3n) is 3.89. The minimum atomic E-state index is -0.0982. The highest BCUT2D eigenvalue weighted by Gasteiger charge is 2.15. The number of carbonyl (C=O) groups is 1. The van der Waals surface area contributed by atoms with Crippen molar-refractivity contribution in [2.45, 2.75) is 39.8 Å². The Balaban J connectivity index is 1.95. The van der Waals surface area contributed by atoms with E-state index in [-0.39, 0.29) is 12.5 Å². The number of methoxy groups -OCH3 is 1. The van der Waals surface area contributed by atoms with Crippen molar-refractivity contribution in [3.8, 4) is 5.75 Å². The summed E-state index contributed by atoms with van der Waals surface area (Å²) in [7, 11) is 1.58. The van der Waals surface area contributed by atoms with E-state index in [1.807, 2.05) is 40.8 Å². The van der Waals surface area contributed by atoms with Crippen molar-refractivity contribution in [3.63, 3.8) is 0 Å². The highest BCUT2D eigenvalue weighted by atomic mass is 16.5. The van der Waals surface area contributed by atoms with Crippen molar-refractivity contribution in [3.05, 3.63) is 30.1 Å². The number of rotatable bonds is 10. The van der Waals surface area contributed by atoms with E-state index >= 15 is 0 Å². The van der Waals surface area contributed by atoms with Gasteiger partial charge in [0.05, 0.1) is 25.9 Å². The summed E-state index contributed by atoms with van der Waals surface area (Å²) in [5.74, 6) is 1.32. The quantitative estimate of drug-likeness (QED) is 0.708. The SMILES string of the molecule is CCCCn1nnnc1CN(CC)CC(=O)Nc1ccccc1OC. The molecule has 0 atom stereocenters. The topological polar surface area (TPSA) is 85.2 Å². The molecular weight excluding hydrogens is 320 g/mol. The second kappa shape index (κ2) is 9.73. The van der Waals surface area contributed by atoms with Crippen LogP contribution >= 0.6 is 0 Å².